The first-order valence-electron chi connectivity index (χ1n) is 4.01. The Labute approximate surface area is 77.9 Å². The summed E-state index contributed by atoms with van der Waals surface area (Å²) in [4.78, 5) is 0. The predicted molar refractivity (Wildman–Crippen MR) is 52.9 cm³/mol. The Morgan fingerprint density at radius 1 is 1.17 bits per heavy atom. The Morgan fingerprint density at radius 2 is 1.75 bits per heavy atom. The minimum atomic E-state index is -2.85. The summed E-state index contributed by atoms with van der Waals surface area (Å²) >= 11 is 0. The van der Waals surface area contributed by atoms with Crippen LogP contribution in [0, 0.1) is 0 Å². The average Bonchev–Trinajstić information content (AvgIpc) is 1.94. The lowest BCUT2D eigenvalue weighted by Gasteiger charge is -1.98. The van der Waals surface area contributed by atoms with E-state index < -0.39 is 8.87 Å². The monoisotopic (exact) mass is 212 g/mol. The molecule has 0 aliphatic carbocycles. The van der Waals surface area contributed by atoms with Crippen LogP contribution in [0.1, 0.15) is 25.7 Å². The van der Waals surface area contributed by atoms with Crippen LogP contribution in [0.2, 0.25) is 0 Å². The lowest BCUT2D eigenvalue weighted by molar-refractivity contribution is 0.283. The molecule has 74 valence electrons. The molecule has 0 aromatic carbocycles. The molecule has 0 bridgehead atoms. The maximum atomic E-state index is 10.6. The number of hydrogen-bond acceptors (Lipinski definition) is 4. The molecule has 0 saturated heterocycles. The summed E-state index contributed by atoms with van der Waals surface area (Å²) in [5.41, 5.74) is 0. The van der Waals surface area contributed by atoms with Crippen LogP contribution in [-0.4, -0.2) is 32.1 Å². The minimum Gasteiger partial charge on any atom is -0.396 e. The first-order valence-corrected chi connectivity index (χ1v) is 7.41. The fourth-order valence-corrected chi connectivity index (χ4v) is 2.66. The zero-order valence-corrected chi connectivity index (χ0v) is 8.96. The predicted octanol–water partition coefficient (Wildman–Crippen LogP) is 1.23. The van der Waals surface area contributed by atoms with Gasteiger partial charge in [-0.05, 0) is 23.6 Å². The van der Waals surface area contributed by atoms with Crippen molar-refractivity contribution in [3.63, 3.8) is 0 Å². The largest absolute Gasteiger partial charge is 0.396 e. The lowest BCUT2D eigenvalue weighted by atomic mass is 10.2. The molecule has 0 aliphatic heterocycles. The number of hydrogen-bond donors (Lipinski definition) is 1. The van der Waals surface area contributed by atoms with E-state index >= 15 is 0 Å². The fourth-order valence-electron chi connectivity index (χ4n) is 0.778. The normalized spacial score (nSPS) is 11.8. The van der Waals surface area contributed by atoms with Gasteiger partial charge in [0.25, 0.3) is 0 Å². The van der Waals surface area contributed by atoms with Crippen molar-refractivity contribution in [1.82, 2.24) is 0 Å². The highest BCUT2D eigenvalue weighted by Crippen LogP contribution is 2.12. The summed E-state index contributed by atoms with van der Waals surface area (Å²) in [6, 6.07) is 0. The van der Waals surface area contributed by atoms with Crippen LogP contribution in [0.15, 0.2) is 0 Å². The standard InChI is InChI=1S/C7H16O3S2/c1-12(9,10)11-7-5-3-2-4-6-8/h8H,2-7H2,1H3. The third-order valence-corrected chi connectivity index (χ3v) is 4.02. The van der Waals surface area contributed by atoms with Gasteiger partial charge in [0.1, 0.15) is 0 Å². The second-order valence-electron chi connectivity index (χ2n) is 2.66. The Balaban J connectivity index is 3.12. The van der Waals surface area contributed by atoms with E-state index in [1.54, 1.807) is 0 Å². The average molecular weight is 212 g/mol. The summed E-state index contributed by atoms with van der Waals surface area (Å²) in [5.74, 6) is 0.671. The first kappa shape index (κ1) is 12.3. The van der Waals surface area contributed by atoms with E-state index in [1.165, 1.54) is 6.26 Å². The van der Waals surface area contributed by atoms with Gasteiger partial charge >= 0.3 is 0 Å². The zero-order chi connectivity index (χ0) is 9.45. The molecule has 0 unspecified atom stereocenters. The summed E-state index contributed by atoms with van der Waals surface area (Å²) in [7, 11) is -1.85. The molecule has 0 amide bonds. The van der Waals surface area contributed by atoms with Gasteiger partial charge in [0.15, 0.2) is 8.87 Å². The van der Waals surface area contributed by atoms with E-state index in [0.29, 0.717) is 5.75 Å². The smallest absolute Gasteiger partial charge is 0.198 e. The molecule has 0 aromatic rings. The quantitative estimate of drug-likeness (QED) is 0.509. The van der Waals surface area contributed by atoms with Gasteiger partial charge < -0.3 is 5.11 Å². The third kappa shape index (κ3) is 10.3. The fraction of sp³-hybridized carbons (Fsp3) is 1.00. The second kappa shape index (κ2) is 6.74. The molecule has 0 spiro atoms. The molecule has 0 rings (SSSR count). The number of aliphatic hydroxyl groups excluding tert-OH is 1. The molecular formula is C7H16O3S2. The van der Waals surface area contributed by atoms with Crippen molar-refractivity contribution in [2.45, 2.75) is 25.7 Å². The molecule has 5 heteroatoms. The number of aliphatic hydroxyl groups is 1. The molecule has 0 radical (unpaired) electrons. The van der Waals surface area contributed by atoms with Crippen LogP contribution in [0.3, 0.4) is 0 Å². The van der Waals surface area contributed by atoms with Crippen LogP contribution < -0.4 is 0 Å². The van der Waals surface area contributed by atoms with Crippen molar-refractivity contribution >= 4 is 19.7 Å². The van der Waals surface area contributed by atoms with Crippen molar-refractivity contribution in [2.24, 2.45) is 0 Å². The van der Waals surface area contributed by atoms with Crippen molar-refractivity contribution in [3.8, 4) is 0 Å². The molecule has 0 fully saturated rings. The van der Waals surface area contributed by atoms with Gasteiger partial charge in [0, 0.05) is 18.6 Å². The third-order valence-electron chi connectivity index (χ3n) is 1.35. The van der Waals surface area contributed by atoms with Crippen LogP contribution in [-0.2, 0) is 8.87 Å². The van der Waals surface area contributed by atoms with Gasteiger partial charge in [-0.15, -0.1) is 0 Å². The van der Waals surface area contributed by atoms with E-state index in [9.17, 15) is 8.42 Å². The van der Waals surface area contributed by atoms with E-state index in [2.05, 4.69) is 0 Å². The first-order chi connectivity index (χ1) is 5.56. The Bertz CT molecular complexity index is 187. The van der Waals surface area contributed by atoms with Gasteiger partial charge in [-0.3, -0.25) is 0 Å². The maximum Gasteiger partial charge on any atom is 0.198 e. The Kier molecular flexibility index (Phi) is 6.89. The van der Waals surface area contributed by atoms with Gasteiger partial charge in [-0.2, -0.15) is 0 Å². The summed E-state index contributed by atoms with van der Waals surface area (Å²) in [5, 5.41) is 8.45. The van der Waals surface area contributed by atoms with E-state index in [1.807, 2.05) is 0 Å². The van der Waals surface area contributed by atoms with Crippen molar-refractivity contribution in [1.29, 1.82) is 0 Å². The van der Waals surface area contributed by atoms with E-state index in [0.717, 1.165) is 36.5 Å². The highest BCUT2D eigenvalue weighted by atomic mass is 33.1. The van der Waals surface area contributed by atoms with E-state index in [-0.39, 0.29) is 6.61 Å². The summed E-state index contributed by atoms with van der Waals surface area (Å²) < 4.78 is 21.3. The topological polar surface area (TPSA) is 54.4 Å². The second-order valence-corrected chi connectivity index (χ2v) is 7.24. The van der Waals surface area contributed by atoms with Crippen LogP contribution in [0.5, 0.6) is 0 Å². The van der Waals surface area contributed by atoms with E-state index in [4.69, 9.17) is 5.11 Å². The van der Waals surface area contributed by atoms with Crippen molar-refractivity contribution in [3.05, 3.63) is 0 Å². The highest BCUT2D eigenvalue weighted by Gasteiger charge is 2.00. The molecule has 0 aromatic heterocycles. The minimum absolute atomic E-state index is 0.235. The highest BCUT2D eigenvalue weighted by molar-refractivity contribution is 8.71. The molecule has 0 saturated carbocycles. The lowest BCUT2D eigenvalue weighted by Crippen LogP contribution is -1.91. The maximum absolute atomic E-state index is 10.6. The molecule has 12 heavy (non-hydrogen) atoms. The van der Waals surface area contributed by atoms with Crippen molar-refractivity contribution < 1.29 is 13.5 Å². The summed E-state index contributed by atoms with van der Waals surface area (Å²) in [6.45, 7) is 0.235. The van der Waals surface area contributed by atoms with Crippen LogP contribution >= 0.6 is 10.8 Å². The van der Waals surface area contributed by atoms with Gasteiger partial charge in [0.05, 0.1) is 0 Å². The molecule has 0 atom stereocenters. The molecule has 3 nitrogen and oxygen atoms in total. The van der Waals surface area contributed by atoms with Crippen LogP contribution in [0.25, 0.3) is 0 Å². The Morgan fingerprint density at radius 3 is 2.25 bits per heavy atom. The van der Waals surface area contributed by atoms with Gasteiger partial charge in [-0.25, -0.2) is 8.42 Å². The number of unbranched alkanes of at least 4 members (excludes halogenated alkanes) is 3. The zero-order valence-electron chi connectivity index (χ0n) is 7.32. The Hall–Kier alpha value is 0.260. The van der Waals surface area contributed by atoms with Gasteiger partial charge in [0.2, 0.25) is 0 Å². The van der Waals surface area contributed by atoms with Crippen LogP contribution in [0.4, 0.5) is 0 Å². The van der Waals surface area contributed by atoms with Gasteiger partial charge in [-0.1, -0.05) is 12.8 Å². The molecular weight excluding hydrogens is 196 g/mol. The molecule has 0 aliphatic rings. The SMILES string of the molecule is CS(=O)(=O)SCCCCCCO. The molecule has 0 heterocycles. The van der Waals surface area contributed by atoms with Crippen molar-refractivity contribution in [2.75, 3.05) is 18.6 Å². The summed E-state index contributed by atoms with van der Waals surface area (Å²) in [6.07, 6.45) is 4.95. The number of rotatable bonds is 7. The molecule has 1 N–H and O–H groups in total.